The number of pyridine rings is 1. The van der Waals surface area contributed by atoms with Crippen molar-refractivity contribution in [1.29, 1.82) is 0 Å². The van der Waals surface area contributed by atoms with Gasteiger partial charge in [0.25, 0.3) is 0 Å². The van der Waals surface area contributed by atoms with Gasteiger partial charge in [-0.15, -0.1) is 0 Å². The standard InChI is InChI=1S/C18H31N3O3S/c1-18(2,24-4)15-25(22,23)20(3)17-8-13-21(14-9-17)12-7-16-5-10-19-11-6-16/h5-6,10-11,17H,7-9,12-15H2,1-4H3. The molecule has 2 heterocycles. The van der Waals surface area contributed by atoms with Gasteiger partial charge >= 0.3 is 0 Å². The van der Waals surface area contributed by atoms with Crippen LogP contribution in [0.2, 0.25) is 0 Å². The minimum atomic E-state index is -3.32. The van der Waals surface area contributed by atoms with Gasteiger partial charge < -0.3 is 9.64 Å². The summed E-state index contributed by atoms with van der Waals surface area (Å²) in [5.41, 5.74) is 0.622. The highest BCUT2D eigenvalue weighted by Crippen LogP contribution is 2.21. The van der Waals surface area contributed by atoms with E-state index >= 15 is 0 Å². The molecular weight excluding hydrogens is 338 g/mol. The maximum Gasteiger partial charge on any atom is 0.216 e. The average Bonchev–Trinajstić information content (AvgIpc) is 2.60. The average molecular weight is 370 g/mol. The van der Waals surface area contributed by atoms with Crippen molar-refractivity contribution >= 4 is 10.0 Å². The van der Waals surface area contributed by atoms with Crippen LogP contribution >= 0.6 is 0 Å². The summed E-state index contributed by atoms with van der Waals surface area (Å²) < 4.78 is 32.1. The fourth-order valence-electron chi connectivity index (χ4n) is 3.17. The molecule has 0 atom stereocenters. The second-order valence-corrected chi connectivity index (χ2v) is 9.44. The van der Waals surface area contributed by atoms with Crippen molar-refractivity contribution in [2.45, 2.75) is 44.8 Å². The molecule has 0 amide bonds. The number of hydrogen-bond acceptors (Lipinski definition) is 5. The Morgan fingerprint density at radius 2 is 1.88 bits per heavy atom. The maximum atomic E-state index is 12.6. The number of nitrogens with zero attached hydrogens (tertiary/aromatic N) is 3. The number of hydrogen-bond donors (Lipinski definition) is 0. The Balaban J connectivity index is 1.82. The van der Waals surface area contributed by atoms with Crippen LogP contribution in [0.3, 0.4) is 0 Å². The van der Waals surface area contributed by atoms with E-state index < -0.39 is 15.6 Å². The summed E-state index contributed by atoms with van der Waals surface area (Å²) in [6, 6.07) is 4.17. The molecule has 0 saturated carbocycles. The Kier molecular flexibility index (Phi) is 6.96. The third kappa shape index (κ3) is 6.02. The molecular formula is C18H31N3O3S. The Bertz CT molecular complexity index is 626. The normalized spacial score (nSPS) is 18.0. The fourth-order valence-corrected chi connectivity index (χ4v) is 5.04. The molecule has 25 heavy (non-hydrogen) atoms. The van der Waals surface area contributed by atoms with Crippen LogP contribution in [-0.2, 0) is 21.2 Å². The molecule has 1 aromatic heterocycles. The van der Waals surface area contributed by atoms with Crippen molar-refractivity contribution in [1.82, 2.24) is 14.2 Å². The Labute approximate surface area is 152 Å². The highest BCUT2D eigenvalue weighted by atomic mass is 32.2. The summed E-state index contributed by atoms with van der Waals surface area (Å²) in [5.74, 6) is 0.00918. The molecule has 0 bridgehead atoms. The topological polar surface area (TPSA) is 62.7 Å². The number of piperidine rings is 1. The zero-order chi connectivity index (χ0) is 18.5. The number of sulfonamides is 1. The second kappa shape index (κ2) is 8.58. The number of ether oxygens (including phenoxy) is 1. The molecule has 0 aliphatic carbocycles. The Morgan fingerprint density at radius 3 is 2.44 bits per heavy atom. The second-order valence-electron chi connectivity index (χ2n) is 7.41. The summed E-state index contributed by atoms with van der Waals surface area (Å²) in [4.78, 5) is 6.45. The first kappa shape index (κ1) is 20.3. The third-order valence-corrected chi connectivity index (χ3v) is 7.29. The first-order valence-corrected chi connectivity index (χ1v) is 10.5. The quantitative estimate of drug-likeness (QED) is 0.699. The molecule has 142 valence electrons. The van der Waals surface area contributed by atoms with E-state index in [0.29, 0.717) is 0 Å². The van der Waals surface area contributed by atoms with E-state index in [1.54, 1.807) is 32.3 Å². The SMILES string of the molecule is COC(C)(C)CS(=O)(=O)N(C)C1CCN(CCc2ccncc2)CC1. The van der Waals surface area contributed by atoms with Crippen molar-refractivity contribution in [3.8, 4) is 0 Å². The molecule has 1 aliphatic heterocycles. The lowest BCUT2D eigenvalue weighted by atomic mass is 10.0. The molecule has 1 aliphatic rings. The van der Waals surface area contributed by atoms with Gasteiger partial charge in [-0.05, 0) is 63.9 Å². The summed E-state index contributed by atoms with van der Waals surface area (Å²) in [6.07, 6.45) is 6.40. The summed E-state index contributed by atoms with van der Waals surface area (Å²) in [7, 11) is -0.0605. The predicted octanol–water partition coefficient (Wildman–Crippen LogP) is 1.78. The first-order chi connectivity index (χ1) is 11.7. The van der Waals surface area contributed by atoms with E-state index in [0.717, 1.165) is 38.9 Å². The monoisotopic (exact) mass is 369 g/mol. The van der Waals surface area contributed by atoms with E-state index in [-0.39, 0.29) is 11.8 Å². The van der Waals surface area contributed by atoms with Crippen molar-refractivity contribution in [2.24, 2.45) is 0 Å². The molecule has 1 fully saturated rings. The lowest BCUT2D eigenvalue weighted by Gasteiger charge is -2.37. The lowest BCUT2D eigenvalue weighted by Crippen LogP contribution is -2.48. The van der Waals surface area contributed by atoms with Crippen molar-refractivity contribution in [2.75, 3.05) is 39.5 Å². The zero-order valence-corrected chi connectivity index (χ0v) is 16.6. The molecule has 1 aromatic rings. The summed E-state index contributed by atoms with van der Waals surface area (Å²) in [6.45, 7) is 6.48. The fraction of sp³-hybridized carbons (Fsp3) is 0.722. The molecule has 0 aromatic carbocycles. The van der Waals surface area contributed by atoms with Crippen LogP contribution in [0.1, 0.15) is 32.3 Å². The van der Waals surface area contributed by atoms with Crippen molar-refractivity contribution < 1.29 is 13.2 Å². The summed E-state index contributed by atoms with van der Waals surface area (Å²) in [5, 5.41) is 0. The van der Waals surface area contributed by atoms with E-state index in [2.05, 4.69) is 9.88 Å². The first-order valence-electron chi connectivity index (χ1n) is 8.86. The van der Waals surface area contributed by atoms with Crippen LogP contribution in [0.15, 0.2) is 24.5 Å². The molecule has 0 spiro atoms. The molecule has 2 rings (SSSR count). The van der Waals surface area contributed by atoms with Gasteiger partial charge in [-0.25, -0.2) is 12.7 Å². The Morgan fingerprint density at radius 1 is 1.28 bits per heavy atom. The van der Waals surface area contributed by atoms with Crippen molar-refractivity contribution in [3.63, 3.8) is 0 Å². The number of likely N-dealkylation sites (tertiary alicyclic amines) is 1. The van der Waals surface area contributed by atoms with E-state index in [1.165, 1.54) is 5.56 Å². The van der Waals surface area contributed by atoms with Gasteiger partial charge in [0.15, 0.2) is 0 Å². The van der Waals surface area contributed by atoms with E-state index in [1.807, 2.05) is 24.5 Å². The van der Waals surface area contributed by atoms with Crippen LogP contribution < -0.4 is 0 Å². The predicted molar refractivity (Wildman–Crippen MR) is 100 cm³/mol. The third-order valence-electron chi connectivity index (χ3n) is 5.06. The number of methoxy groups -OCH3 is 1. The van der Waals surface area contributed by atoms with Crippen LogP contribution in [0.5, 0.6) is 0 Å². The van der Waals surface area contributed by atoms with Crippen LogP contribution in [0.4, 0.5) is 0 Å². The lowest BCUT2D eigenvalue weighted by molar-refractivity contribution is 0.0412. The molecule has 6 nitrogen and oxygen atoms in total. The van der Waals surface area contributed by atoms with Gasteiger partial charge in [0, 0.05) is 39.1 Å². The van der Waals surface area contributed by atoms with E-state index in [4.69, 9.17) is 4.74 Å². The molecule has 0 N–H and O–H groups in total. The van der Waals surface area contributed by atoms with Crippen molar-refractivity contribution in [3.05, 3.63) is 30.1 Å². The minimum absolute atomic E-state index is 0.00918. The summed E-state index contributed by atoms with van der Waals surface area (Å²) >= 11 is 0. The van der Waals surface area contributed by atoms with Gasteiger partial charge in [-0.3, -0.25) is 4.98 Å². The van der Waals surface area contributed by atoms with Crippen LogP contribution in [-0.4, -0.2) is 73.8 Å². The molecule has 0 radical (unpaired) electrons. The largest absolute Gasteiger partial charge is 0.378 e. The highest BCUT2D eigenvalue weighted by Gasteiger charge is 2.34. The van der Waals surface area contributed by atoms with Gasteiger partial charge in [-0.1, -0.05) is 0 Å². The van der Waals surface area contributed by atoms with Gasteiger partial charge in [0.05, 0.1) is 11.4 Å². The molecule has 1 saturated heterocycles. The molecule has 0 unspecified atom stereocenters. The number of aromatic nitrogens is 1. The number of rotatable bonds is 8. The zero-order valence-electron chi connectivity index (χ0n) is 15.8. The van der Waals surface area contributed by atoms with E-state index in [9.17, 15) is 8.42 Å². The maximum absolute atomic E-state index is 12.6. The van der Waals surface area contributed by atoms with Gasteiger partial charge in [0.1, 0.15) is 0 Å². The van der Waals surface area contributed by atoms with Crippen LogP contribution in [0.25, 0.3) is 0 Å². The highest BCUT2D eigenvalue weighted by molar-refractivity contribution is 7.89. The minimum Gasteiger partial charge on any atom is -0.378 e. The van der Waals surface area contributed by atoms with Crippen LogP contribution in [0, 0.1) is 0 Å². The van der Waals surface area contributed by atoms with Gasteiger partial charge in [0.2, 0.25) is 10.0 Å². The smallest absolute Gasteiger partial charge is 0.216 e. The Hall–Kier alpha value is -1.02. The van der Waals surface area contributed by atoms with Gasteiger partial charge in [-0.2, -0.15) is 0 Å². The molecule has 7 heteroatoms.